The smallest absolute Gasteiger partial charge is 0.189 e. The minimum atomic E-state index is 0.0588. The Hall–Kier alpha value is -2.42. The second-order valence-corrected chi connectivity index (χ2v) is 11.1. The van der Waals surface area contributed by atoms with Crippen LogP contribution < -0.4 is 15.0 Å². The first kappa shape index (κ1) is 26.6. The van der Waals surface area contributed by atoms with Gasteiger partial charge >= 0.3 is 0 Å². The molecular formula is C28H36N4O2S2. The maximum Gasteiger partial charge on any atom is 0.189 e. The lowest BCUT2D eigenvalue weighted by atomic mass is 9.88. The lowest BCUT2D eigenvalue weighted by Crippen LogP contribution is -2.25. The van der Waals surface area contributed by atoms with Crippen LogP contribution in [0.25, 0.3) is 0 Å². The Morgan fingerprint density at radius 1 is 1.25 bits per heavy atom. The lowest BCUT2D eigenvalue weighted by molar-refractivity contribution is 0.0971. The van der Waals surface area contributed by atoms with Gasteiger partial charge < -0.3 is 15.0 Å². The van der Waals surface area contributed by atoms with Crippen molar-refractivity contribution < 1.29 is 9.53 Å². The average molecular weight is 525 g/mol. The SMILES string of the molecule is CNCC[C@@H](Oc1ccc(CC2CCCN(C)c3nc(SC)ncc3C(=O)CC2)cc1)c1cccs1. The van der Waals surface area contributed by atoms with E-state index >= 15 is 0 Å². The average Bonchev–Trinajstić information content (AvgIpc) is 3.44. The minimum absolute atomic E-state index is 0.0588. The molecule has 0 fully saturated rings. The molecule has 0 saturated carbocycles. The maximum absolute atomic E-state index is 13.1. The van der Waals surface area contributed by atoms with Crippen LogP contribution in [0.3, 0.4) is 0 Å². The van der Waals surface area contributed by atoms with Crippen molar-refractivity contribution in [3.8, 4) is 5.75 Å². The molecule has 0 saturated heterocycles. The molecule has 36 heavy (non-hydrogen) atoms. The summed E-state index contributed by atoms with van der Waals surface area (Å²) in [7, 11) is 4.00. The highest BCUT2D eigenvalue weighted by atomic mass is 32.2. The highest BCUT2D eigenvalue weighted by molar-refractivity contribution is 7.98. The number of hydrogen-bond donors (Lipinski definition) is 1. The lowest BCUT2D eigenvalue weighted by Gasteiger charge is -2.25. The van der Waals surface area contributed by atoms with Crippen LogP contribution in [0.15, 0.2) is 53.1 Å². The largest absolute Gasteiger partial charge is 0.485 e. The fourth-order valence-corrected chi connectivity index (χ4v) is 5.82. The standard InChI is InChI=1S/C28H36N4O2S2/c1-29-15-14-25(26-7-5-17-36-26)34-22-11-8-21(9-12-22)18-20-6-4-16-32(2)27-23(24(33)13-10-20)19-30-28(31-27)35-3/h5,7-9,11-12,17,19-20,25,29H,4,6,10,13-16,18H2,1-3H3/t20?,25-/m1/s1. The molecule has 2 aromatic heterocycles. The van der Waals surface area contributed by atoms with Crippen molar-refractivity contribution in [2.24, 2.45) is 5.92 Å². The van der Waals surface area contributed by atoms with E-state index in [0.29, 0.717) is 23.1 Å². The molecule has 0 bridgehead atoms. The second kappa shape index (κ2) is 13.2. The molecule has 0 amide bonds. The van der Waals surface area contributed by atoms with Gasteiger partial charge in [0, 0.05) is 37.5 Å². The molecule has 0 spiro atoms. The van der Waals surface area contributed by atoms with Crippen molar-refractivity contribution in [1.82, 2.24) is 15.3 Å². The van der Waals surface area contributed by atoms with Crippen molar-refractivity contribution in [2.75, 3.05) is 38.3 Å². The van der Waals surface area contributed by atoms with Gasteiger partial charge in [-0.3, -0.25) is 4.79 Å². The molecule has 1 aliphatic rings. The van der Waals surface area contributed by atoms with E-state index in [4.69, 9.17) is 4.74 Å². The van der Waals surface area contributed by atoms with Crippen LogP contribution in [-0.4, -0.2) is 49.2 Å². The van der Waals surface area contributed by atoms with Crippen molar-refractivity contribution in [2.45, 2.75) is 49.8 Å². The molecule has 3 aromatic rings. The van der Waals surface area contributed by atoms with Crippen LogP contribution >= 0.6 is 23.1 Å². The Morgan fingerprint density at radius 3 is 2.81 bits per heavy atom. The summed E-state index contributed by atoms with van der Waals surface area (Å²) >= 11 is 3.24. The first-order valence-corrected chi connectivity index (χ1v) is 14.8. The Bertz CT molecular complexity index is 1110. The van der Waals surface area contributed by atoms with E-state index in [1.807, 2.05) is 20.4 Å². The zero-order chi connectivity index (χ0) is 25.3. The third-order valence-electron chi connectivity index (χ3n) is 6.72. The Kier molecular flexibility index (Phi) is 9.78. The van der Waals surface area contributed by atoms with Crippen LogP contribution in [0, 0.1) is 5.92 Å². The molecule has 2 atom stereocenters. The van der Waals surface area contributed by atoms with Gasteiger partial charge in [-0.1, -0.05) is 30.0 Å². The first-order chi connectivity index (χ1) is 17.6. The molecule has 192 valence electrons. The third-order valence-corrected chi connectivity index (χ3v) is 8.25. The molecule has 3 heterocycles. The number of ketones is 1. The summed E-state index contributed by atoms with van der Waals surface area (Å²) in [4.78, 5) is 25.4. The zero-order valence-electron chi connectivity index (χ0n) is 21.4. The van der Waals surface area contributed by atoms with E-state index in [2.05, 4.69) is 62.0 Å². The predicted octanol–water partition coefficient (Wildman–Crippen LogP) is 6.04. The first-order valence-electron chi connectivity index (χ1n) is 12.7. The Labute approximate surface area is 222 Å². The number of carbonyl (C=O) groups excluding carboxylic acids is 1. The summed E-state index contributed by atoms with van der Waals surface area (Å²) in [5.41, 5.74) is 1.94. The summed E-state index contributed by atoms with van der Waals surface area (Å²) in [6.07, 6.45) is 9.21. The molecular weight excluding hydrogens is 488 g/mol. The number of hydrogen-bond acceptors (Lipinski definition) is 8. The topological polar surface area (TPSA) is 67.3 Å². The number of Topliss-reactive ketones (excluding diaryl/α,β-unsaturated/α-hetero) is 1. The molecule has 6 nitrogen and oxygen atoms in total. The summed E-state index contributed by atoms with van der Waals surface area (Å²) in [6.45, 7) is 1.79. The fourth-order valence-electron chi connectivity index (χ4n) is 4.70. The number of rotatable bonds is 9. The predicted molar refractivity (Wildman–Crippen MR) is 150 cm³/mol. The molecule has 1 unspecified atom stereocenters. The van der Waals surface area contributed by atoms with Crippen LogP contribution in [0.5, 0.6) is 5.75 Å². The fraction of sp³-hybridized carbons (Fsp3) is 0.464. The van der Waals surface area contributed by atoms with Crippen LogP contribution in [0.1, 0.15) is 59.0 Å². The van der Waals surface area contributed by atoms with Crippen molar-refractivity contribution in [3.05, 3.63) is 64.0 Å². The van der Waals surface area contributed by atoms with Gasteiger partial charge in [0.2, 0.25) is 0 Å². The quantitative estimate of drug-likeness (QED) is 0.270. The van der Waals surface area contributed by atoms with Gasteiger partial charge in [0.25, 0.3) is 0 Å². The number of thioether (sulfide) groups is 1. The van der Waals surface area contributed by atoms with Crippen molar-refractivity contribution in [1.29, 1.82) is 0 Å². The van der Waals surface area contributed by atoms with E-state index in [-0.39, 0.29) is 11.9 Å². The third kappa shape index (κ3) is 7.08. The van der Waals surface area contributed by atoms with E-state index in [1.165, 1.54) is 22.2 Å². The summed E-state index contributed by atoms with van der Waals surface area (Å²) in [6, 6.07) is 12.8. The Morgan fingerprint density at radius 2 is 2.08 bits per heavy atom. The molecule has 4 rings (SSSR count). The number of benzene rings is 1. The molecule has 1 aromatic carbocycles. The monoisotopic (exact) mass is 524 g/mol. The maximum atomic E-state index is 13.1. The summed E-state index contributed by atoms with van der Waals surface area (Å²) in [5.74, 6) is 2.28. The second-order valence-electron chi connectivity index (χ2n) is 9.35. The van der Waals surface area contributed by atoms with E-state index in [1.54, 1.807) is 17.5 Å². The van der Waals surface area contributed by atoms with Crippen LogP contribution in [0.4, 0.5) is 5.82 Å². The number of carbonyl (C=O) groups is 1. The van der Waals surface area contributed by atoms with Crippen LogP contribution in [0.2, 0.25) is 0 Å². The number of nitrogens with one attached hydrogen (secondary N) is 1. The molecule has 8 heteroatoms. The van der Waals surface area contributed by atoms with E-state index in [9.17, 15) is 4.79 Å². The molecule has 0 radical (unpaired) electrons. The van der Waals surface area contributed by atoms with Gasteiger partial charge in [-0.15, -0.1) is 11.3 Å². The number of nitrogens with zero attached hydrogens (tertiary/aromatic N) is 3. The summed E-state index contributed by atoms with van der Waals surface area (Å²) in [5, 5.41) is 6.03. The van der Waals surface area contributed by atoms with Crippen molar-refractivity contribution in [3.63, 3.8) is 0 Å². The van der Waals surface area contributed by atoms with Gasteiger partial charge in [0.15, 0.2) is 10.9 Å². The normalized spacial score (nSPS) is 17.5. The van der Waals surface area contributed by atoms with Crippen molar-refractivity contribution >= 4 is 34.7 Å². The van der Waals surface area contributed by atoms with Gasteiger partial charge in [-0.2, -0.15) is 0 Å². The number of anilines is 1. The minimum Gasteiger partial charge on any atom is -0.485 e. The summed E-state index contributed by atoms with van der Waals surface area (Å²) < 4.78 is 6.36. The zero-order valence-corrected chi connectivity index (χ0v) is 23.0. The highest BCUT2D eigenvalue weighted by Gasteiger charge is 2.22. The molecule has 1 N–H and O–H groups in total. The van der Waals surface area contributed by atoms with Gasteiger partial charge in [-0.25, -0.2) is 9.97 Å². The number of fused-ring (bicyclic) bond motifs is 1. The van der Waals surface area contributed by atoms with E-state index < -0.39 is 0 Å². The van der Waals surface area contributed by atoms with Gasteiger partial charge in [0.05, 0.1) is 5.56 Å². The Balaban J connectivity index is 1.39. The van der Waals surface area contributed by atoms with E-state index in [0.717, 1.165) is 56.8 Å². The number of ether oxygens (including phenoxy) is 1. The molecule has 1 aliphatic heterocycles. The van der Waals surface area contributed by atoms with Crippen LogP contribution in [-0.2, 0) is 6.42 Å². The highest BCUT2D eigenvalue weighted by Crippen LogP contribution is 2.30. The molecule has 0 aliphatic carbocycles. The van der Waals surface area contributed by atoms with Gasteiger partial charge in [-0.05, 0) is 80.6 Å². The van der Waals surface area contributed by atoms with Gasteiger partial charge in [0.1, 0.15) is 17.7 Å². The number of thiophene rings is 1. The number of aromatic nitrogens is 2.